The Balaban J connectivity index is 2.28. The molecule has 0 bridgehead atoms. The van der Waals surface area contributed by atoms with Crippen LogP contribution in [-0.4, -0.2) is 12.6 Å². The summed E-state index contributed by atoms with van der Waals surface area (Å²) in [5.41, 5.74) is 0.911. The largest absolute Gasteiger partial charge is 0.464 e. The molecule has 0 aliphatic carbocycles. The number of hydrogen-bond donors (Lipinski definition) is 0. The molecular weight excluding hydrogens is 304 g/mol. The molecule has 1 unspecified atom stereocenters. The molecule has 19 heavy (non-hydrogen) atoms. The van der Waals surface area contributed by atoms with Gasteiger partial charge in [-0.25, -0.2) is 0 Å². The van der Waals surface area contributed by atoms with Gasteiger partial charge in [0.05, 0.1) is 6.61 Å². The molecule has 0 saturated carbocycles. The van der Waals surface area contributed by atoms with Crippen LogP contribution in [0.4, 0.5) is 0 Å². The summed E-state index contributed by atoms with van der Waals surface area (Å²) >= 11 is 3.35. The topological polar surface area (TPSA) is 26.3 Å². The second kappa shape index (κ2) is 9.56. The van der Waals surface area contributed by atoms with Crippen LogP contribution in [0.15, 0.2) is 54.6 Å². The van der Waals surface area contributed by atoms with Crippen LogP contribution in [-0.2, 0) is 9.53 Å². The van der Waals surface area contributed by atoms with Gasteiger partial charge < -0.3 is 4.74 Å². The normalized spacial score (nSPS) is 12.9. The van der Waals surface area contributed by atoms with E-state index in [-0.39, 0.29) is 5.97 Å². The number of carbonyl (C=O) groups is 1. The van der Waals surface area contributed by atoms with Crippen LogP contribution >= 0.6 is 15.9 Å². The van der Waals surface area contributed by atoms with E-state index in [1.54, 1.807) is 0 Å². The van der Waals surface area contributed by atoms with Crippen LogP contribution < -0.4 is 0 Å². The van der Waals surface area contributed by atoms with Gasteiger partial charge in [-0.1, -0.05) is 77.5 Å². The van der Waals surface area contributed by atoms with E-state index in [1.807, 2.05) is 48.6 Å². The maximum absolute atomic E-state index is 11.8. The molecule has 3 heteroatoms. The van der Waals surface area contributed by atoms with Crippen LogP contribution in [0.1, 0.15) is 30.2 Å². The Morgan fingerprint density at radius 3 is 2.63 bits per heavy atom. The maximum atomic E-state index is 11.8. The first kappa shape index (κ1) is 15.7. The lowest BCUT2D eigenvalue weighted by molar-refractivity contribution is -0.142. The predicted octanol–water partition coefficient (Wildman–Crippen LogP) is 4.58. The smallest absolute Gasteiger partial charge is 0.324 e. The fraction of sp³-hybridized carbons (Fsp3) is 0.312. The van der Waals surface area contributed by atoms with Crippen molar-refractivity contribution < 1.29 is 9.53 Å². The fourth-order valence-corrected chi connectivity index (χ4v) is 1.89. The number of ether oxygens (including phenoxy) is 1. The van der Waals surface area contributed by atoms with E-state index < -0.39 is 4.83 Å². The molecule has 0 radical (unpaired) electrons. The van der Waals surface area contributed by atoms with Gasteiger partial charge in [0.15, 0.2) is 0 Å². The van der Waals surface area contributed by atoms with Gasteiger partial charge in [-0.3, -0.25) is 4.79 Å². The fourth-order valence-electron chi connectivity index (χ4n) is 1.45. The van der Waals surface area contributed by atoms with Crippen molar-refractivity contribution in [1.82, 2.24) is 0 Å². The van der Waals surface area contributed by atoms with Crippen molar-refractivity contribution in [2.24, 2.45) is 0 Å². The molecule has 0 aromatic heterocycles. The van der Waals surface area contributed by atoms with Crippen molar-refractivity contribution in [1.29, 1.82) is 0 Å². The lowest BCUT2D eigenvalue weighted by Gasteiger charge is -2.09. The van der Waals surface area contributed by atoms with Gasteiger partial charge in [0.2, 0.25) is 0 Å². The average Bonchev–Trinajstić information content (AvgIpc) is 2.46. The minimum absolute atomic E-state index is 0.247. The quantitative estimate of drug-likeness (QED) is 0.318. The number of halogens is 1. The summed E-state index contributed by atoms with van der Waals surface area (Å²) < 4.78 is 5.20. The Hall–Kier alpha value is -1.35. The third-order valence-corrected chi connectivity index (χ3v) is 3.35. The summed E-state index contributed by atoms with van der Waals surface area (Å²) in [5.74, 6) is -0.247. The molecule has 1 aromatic rings. The molecule has 1 rings (SSSR count). The molecule has 0 aliphatic heterocycles. The number of rotatable bonds is 7. The Bertz CT molecular complexity index is 424. The van der Waals surface area contributed by atoms with Crippen molar-refractivity contribution >= 4 is 21.9 Å². The highest BCUT2D eigenvalue weighted by atomic mass is 79.9. The highest BCUT2D eigenvalue weighted by Gasteiger charge is 2.17. The van der Waals surface area contributed by atoms with E-state index in [0.717, 1.165) is 18.4 Å². The average molecular weight is 323 g/mol. The van der Waals surface area contributed by atoms with Crippen LogP contribution in [0.3, 0.4) is 0 Å². The second-order valence-corrected chi connectivity index (χ2v) is 4.91. The molecule has 1 atom stereocenters. The van der Waals surface area contributed by atoms with Crippen molar-refractivity contribution in [3.05, 3.63) is 60.2 Å². The van der Waals surface area contributed by atoms with Gasteiger partial charge in [0, 0.05) is 0 Å². The Kier molecular flexibility index (Phi) is 7.91. The number of benzene rings is 1. The van der Waals surface area contributed by atoms with E-state index in [9.17, 15) is 4.79 Å². The van der Waals surface area contributed by atoms with E-state index in [1.165, 1.54) is 0 Å². The predicted molar refractivity (Wildman–Crippen MR) is 82.3 cm³/mol. The lowest BCUT2D eigenvalue weighted by atomic mass is 10.1. The standard InChI is InChI=1S/C16H19BrO2/c1-2-3-4-5-6-10-13-19-16(18)15(17)14-11-8-7-9-12-14/h3-9,11-12,15H,2,10,13H2,1H3/b4-3-,6-5-. The molecule has 0 fully saturated rings. The minimum Gasteiger partial charge on any atom is -0.464 e. The van der Waals surface area contributed by atoms with Crippen molar-refractivity contribution in [3.8, 4) is 0 Å². The lowest BCUT2D eigenvalue weighted by Crippen LogP contribution is -2.11. The third-order valence-electron chi connectivity index (χ3n) is 2.45. The molecular formula is C16H19BrO2. The zero-order valence-electron chi connectivity index (χ0n) is 11.1. The second-order valence-electron chi connectivity index (χ2n) is 3.99. The molecule has 0 N–H and O–H groups in total. The first-order valence-electron chi connectivity index (χ1n) is 6.43. The number of alkyl halides is 1. The van der Waals surface area contributed by atoms with Gasteiger partial charge in [-0.15, -0.1) is 0 Å². The molecule has 0 amide bonds. The zero-order valence-corrected chi connectivity index (χ0v) is 12.7. The summed E-state index contributed by atoms with van der Waals surface area (Å²) in [6.07, 6.45) is 9.80. The number of hydrogen-bond acceptors (Lipinski definition) is 2. The highest BCUT2D eigenvalue weighted by molar-refractivity contribution is 9.09. The monoisotopic (exact) mass is 322 g/mol. The van der Waals surface area contributed by atoms with Crippen LogP contribution in [0.25, 0.3) is 0 Å². The molecule has 0 saturated heterocycles. The summed E-state index contributed by atoms with van der Waals surface area (Å²) in [7, 11) is 0. The van der Waals surface area contributed by atoms with Gasteiger partial charge >= 0.3 is 5.97 Å². The highest BCUT2D eigenvalue weighted by Crippen LogP contribution is 2.23. The molecule has 1 aromatic carbocycles. The van der Waals surface area contributed by atoms with E-state index in [2.05, 4.69) is 28.9 Å². The summed E-state index contributed by atoms with van der Waals surface area (Å²) in [4.78, 5) is 11.4. The summed E-state index contributed by atoms with van der Waals surface area (Å²) in [5, 5.41) is 0. The Labute approximate surface area is 123 Å². The van der Waals surface area contributed by atoms with Crippen LogP contribution in [0, 0.1) is 0 Å². The van der Waals surface area contributed by atoms with Gasteiger partial charge in [0.1, 0.15) is 4.83 Å². The van der Waals surface area contributed by atoms with Crippen LogP contribution in [0.5, 0.6) is 0 Å². The first-order valence-corrected chi connectivity index (χ1v) is 7.34. The molecule has 0 spiro atoms. The number of esters is 1. The first-order chi connectivity index (χ1) is 9.25. The van der Waals surface area contributed by atoms with Gasteiger partial charge in [-0.05, 0) is 18.4 Å². The summed E-state index contributed by atoms with van der Waals surface area (Å²) in [6.45, 7) is 2.50. The minimum atomic E-state index is -0.391. The Morgan fingerprint density at radius 1 is 1.26 bits per heavy atom. The Morgan fingerprint density at radius 2 is 1.95 bits per heavy atom. The van der Waals surface area contributed by atoms with Gasteiger partial charge in [0.25, 0.3) is 0 Å². The SMILES string of the molecule is CC/C=C\C=C/CCOC(=O)C(Br)c1ccccc1. The molecule has 0 aliphatic rings. The van der Waals surface area contributed by atoms with Crippen LogP contribution in [0.2, 0.25) is 0 Å². The third kappa shape index (κ3) is 6.39. The number of allylic oxidation sites excluding steroid dienone is 3. The van der Waals surface area contributed by atoms with E-state index in [0.29, 0.717) is 6.61 Å². The van der Waals surface area contributed by atoms with Gasteiger partial charge in [-0.2, -0.15) is 0 Å². The molecule has 102 valence electrons. The van der Waals surface area contributed by atoms with Crippen molar-refractivity contribution in [3.63, 3.8) is 0 Å². The zero-order chi connectivity index (χ0) is 13.9. The van der Waals surface area contributed by atoms with E-state index >= 15 is 0 Å². The molecule has 2 nitrogen and oxygen atoms in total. The molecule has 0 heterocycles. The maximum Gasteiger partial charge on any atom is 0.324 e. The van der Waals surface area contributed by atoms with Crippen molar-refractivity contribution in [2.45, 2.75) is 24.6 Å². The number of carbonyl (C=O) groups excluding carboxylic acids is 1. The van der Waals surface area contributed by atoms with E-state index in [4.69, 9.17) is 4.74 Å². The summed E-state index contributed by atoms with van der Waals surface area (Å²) in [6, 6.07) is 9.52. The van der Waals surface area contributed by atoms with Crippen molar-refractivity contribution in [2.75, 3.05) is 6.61 Å².